The van der Waals surface area contributed by atoms with E-state index in [-0.39, 0.29) is 24.8 Å². The van der Waals surface area contributed by atoms with E-state index >= 15 is 0 Å². The average Bonchev–Trinajstić information content (AvgIpc) is 3.50. The first kappa shape index (κ1) is 26.4. The van der Waals surface area contributed by atoms with Gasteiger partial charge in [-0.25, -0.2) is 9.59 Å². The van der Waals surface area contributed by atoms with Gasteiger partial charge in [0.1, 0.15) is 11.9 Å². The Morgan fingerprint density at radius 3 is 2.46 bits per heavy atom. The second-order valence-corrected chi connectivity index (χ2v) is 8.97. The summed E-state index contributed by atoms with van der Waals surface area (Å²) in [5, 5.41) is 9.67. The number of amides is 1. The highest BCUT2D eigenvalue weighted by Crippen LogP contribution is 2.45. The Morgan fingerprint density at radius 1 is 1.05 bits per heavy atom. The van der Waals surface area contributed by atoms with Crippen LogP contribution in [0.4, 0.5) is 9.59 Å². The third-order valence-electron chi connectivity index (χ3n) is 6.73. The van der Waals surface area contributed by atoms with Crippen molar-refractivity contribution in [1.29, 1.82) is 0 Å². The first-order chi connectivity index (χ1) is 17.9. The number of likely N-dealkylation sites (tertiary alicyclic amines) is 1. The molecule has 37 heavy (non-hydrogen) atoms. The second kappa shape index (κ2) is 12.1. The monoisotopic (exact) mass is 514 g/mol. The molecule has 1 fully saturated rings. The third-order valence-corrected chi connectivity index (χ3v) is 6.73. The van der Waals surface area contributed by atoms with Crippen LogP contribution in [0.1, 0.15) is 43.4 Å². The van der Waals surface area contributed by atoms with Crippen molar-refractivity contribution in [1.82, 2.24) is 9.80 Å². The highest BCUT2D eigenvalue weighted by atomic mass is 16.7. The molecule has 0 unspecified atom stereocenters. The maximum Gasteiger partial charge on any atom is 0.506 e. The molecule has 0 spiro atoms. The van der Waals surface area contributed by atoms with Crippen LogP contribution in [0.25, 0.3) is 0 Å². The molecule has 2 aliphatic rings. The Hall–Kier alpha value is -3.66. The van der Waals surface area contributed by atoms with E-state index in [1.807, 2.05) is 49.4 Å². The summed E-state index contributed by atoms with van der Waals surface area (Å²) < 4.78 is 27.1. The minimum absolute atomic E-state index is 0.153. The van der Waals surface area contributed by atoms with Gasteiger partial charge in [-0.15, -0.1) is 0 Å². The zero-order chi connectivity index (χ0) is 26.4. The molecule has 3 atom stereocenters. The highest BCUT2D eigenvalue weighted by Gasteiger charge is 2.46. The molecule has 0 bridgehead atoms. The van der Waals surface area contributed by atoms with Crippen LogP contribution in [-0.4, -0.2) is 79.9 Å². The fraction of sp³-hybridized carbons (Fsp3) is 0.481. The number of carbonyl (C=O) groups excluding carboxylic acids is 1. The lowest BCUT2D eigenvalue weighted by molar-refractivity contribution is 0.0275. The molecule has 2 aromatic rings. The van der Waals surface area contributed by atoms with E-state index in [1.165, 1.54) is 0 Å². The molecule has 1 N–H and O–H groups in total. The normalized spacial score (nSPS) is 20.5. The van der Waals surface area contributed by atoms with Gasteiger partial charge < -0.3 is 33.7 Å². The SMILES string of the molecule is CCCN(CCN1C[C@H](c2ccc3c(c2)OCO3)[C@H](OC(=O)O)[C@H]1c1ccc(OC)cc1)C(=O)OCC. The second-order valence-electron chi connectivity index (χ2n) is 8.97. The molecule has 10 heteroatoms. The van der Waals surface area contributed by atoms with Crippen LogP contribution in [0.5, 0.6) is 17.2 Å². The summed E-state index contributed by atoms with van der Waals surface area (Å²) in [7, 11) is 1.60. The van der Waals surface area contributed by atoms with Crippen LogP contribution in [0.2, 0.25) is 0 Å². The van der Waals surface area contributed by atoms with Gasteiger partial charge in [0, 0.05) is 32.1 Å². The lowest BCUT2D eigenvalue weighted by Crippen LogP contribution is -2.40. The Kier molecular flexibility index (Phi) is 8.60. The van der Waals surface area contributed by atoms with Crippen molar-refractivity contribution >= 4 is 12.2 Å². The van der Waals surface area contributed by atoms with Crippen LogP contribution in [0, 0.1) is 0 Å². The molecular formula is C27H34N2O8. The van der Waals surface area contributed by atoms with Crippen LogP contribution < -0.4 is 14.2 Å². The molecule has 10 nitrogen and oxygen atoms in total. The largest absolute Gasteiger partial charge is 0.506 e. The number of methoxy groups -OCH3 is 1. The van der Waals surface area contributed by atoms with Crippen LogP contribution >= 0.6 is 0 Å². The van der Waals surface area contributed by atoms with Gasteiger partial charge >= 0.3 is 12.2 Å². The minimum Gasteiger partial charge on any atom is -0.497 e. The maximum atomic E-state index is 12.5. The molecule has 0 saturated carbocycles. The Morgan fingerprint density at radius 2 is 1.78 bits per heavy atom. The Labute approximate surface area is 216 Å². The lowest BCUT2D eigenvalue weighted by atomic mass is 9.90. The number of carbonyl (C=O) groups is 2. The van der Waals surface area contributed by atoms with E-state index in [1.54, 1.807) is 18.9 Å². The van der Waals surface area contributed by atoms with E-state index in [9.17, 15) is 14.7 Å². The average molecular weight is 515 g/mol. The minimum atomic E-state index is -1.34. The van der Waals surface area contributed by atoms with Crippen LogP contribution in [-0.2, 0) is 9.47 Å². The lowest BCUT2D eigenvalue weighted by Gasteiger charge is -2.30. The van der Waals surface area contributed by atoms with Gasteiger partial charge in [0.05, 0.1) is 19.8 Å². The maximum absolute atomic E-state index is 12.5. The van der Waals surface area contributed by atoms with Crippen LogP contribution in [0.3, 0.4) is 0 Å². The molecule has 1 amide bonds. The van der Waals surface area contributed by atoms with Crippen molar-refractivity contribution in [2.75, 3.05) is 46.7 Å². The van der Waals surface area contributed by atoms with Gasteiger partial charge in [0.15, 0.2) is 11.5 Å². The predicted octanol–water partition coefficient (Wildman–Crippen LogP) is 4.50. The molecule has 2 aliphatic heterocycles. The number of fused-ring (bicyclic) bond motifs is 1. The smallest absolute Gasteiger partial charge is 0.497 e. The van der Waals surface area contributed by atoms with Gasteiger partial charge in [0.25, 0.3) is 0 Å². The number of rotatable bonds is 10. The number of carboxylic acid groups (broad SMARTS) is 1. The molecule has 2 aromatic carbocycles. The molecule has 1 saturated heterocycles. The fourth-order valence-corrected chi connectivity index (χ4v) is 5.06. The summed E-state index contributed by atoms with van der Waals surface area (Å²) in [5.41, 5.74) is 1.79. The number of hydrogen-bond donors (Lipinski definition) is 1. The van der Waals surface area contributed by atoms with Crippen LogP contribution in [0.15, 0.2) is 42.5 Å². The van der Waals surface area contributed by atoms with E-state index in [0.29, 0.717) is 50.0 Å². The third kappa shape index (κ3) is 6.02. The van der Waals surface area contributed by atoms with E-state index in [4.69, 9.17) is 23.7 Å². The number of nitrogens with zero attached hydrogens (tertiary/aromatic N) is 2. The topological polar surface area (TPSA) is 107 Å². The zero-order valence-electron chi connectivity index (χ0n) is 21.4. The zero-order valence-corrected chi connectivity index (χ0v) is 21.4. The molecule has 0 aliphatic carbocycles. The van der Waals surface area contributed by atoms with Gasteiger partial charge in [-0.1, -0.05) is 25.1 Å². The Balaban J connectivity index is 1.67. The number of ether oxygens (including phenoxy) is 5. The van der Waals surface area contributed by atoms with Gasteiger partial charge in [0.2, 0.25) is 6.79 Å². The first-order valence-electron chi connectivity index (χ1n) is 12.5. The standard InChI is InChI=1S/C27H34N2O8/c1-4-12-28(26(30)34-5-2)13-14-29-16-21(19-8-11-22-23(15-19)36-17-35-22)25(37-27(31)32)24(29)18-6-9-20(33-3)10-7-18/h6-11,15,21,24-25H,4-5,12-14,16-17H2,1-3H3,(H,31,32)/t21-,24-,25+/m1/s1. The predicted molar refractivity (Wildman–Crippen MR) is 134 cm³/mol. The molecule has 2 heterocycles. The van der Waals surface area contributed by atoms with Gasteiger partial charge in [-0.05, 0) is 48.7 Å². The quantitative estimate of drug-likeness (QED) is 0.459. The number of benzene rings is 2. The van der Waals surface area contributed by atoms with Crippen molar-refractivity contribution in [3.8, 4) is 17.2 Å². The summed E-state index contributed by atoms with van der Waals surface area (Å²) in [6, 6.07) is 12.8. The summed E-state index contributed by atoms with van der Waals surface area (Å²) in [5.74, 6) is 1.72. The van der Waals surface area contributed by atoms with E-state index < -0.39 is 12.3 Å². The van der Waals surface area contributed by atoms with E-state index in [2.05, 4.69) is 4.90 Å². The van der Waals surface area contributed by atoms with Crippen molar-refractivity contribution in [3.05, 3.63) is 53.6 Å². The highest BCUT2D eigenvalue weighted by molar-refractivity contribution is 5.67. The molecule has 0 radical (unpaired) electrons. The van der Waals surface area contributed by atoms with Gasteiger partial charge in [-0.3, -0.25) is 4.90 Å². The summed E-state index contributed by atoms with van der Waals surface area (Å²) >= 11 is 0. The number of hydrogen-bond acceptors (Lipinski definition) is 8. The summed E-state index contributed by atoms with van der Waals surface area (Å²) in [4.78, 5) is 28.2. The molecular weight excluding hydrogens is 480 g/mol. The first-order valence-corrected chi connectivity index (χ1v) is 12.5. The molecule has 0 aromatic heterocycles. The summed E-state index contributed by atoms with van der Waals surface area (Å²) in [6.45, 7) is 6.29. The Bertz CT molecular complexity index is 1080. The van der Waals surface area contributed by atoms with Gasteiger partial charge in [-0.2, -0.15) is 0 Å². The molecule has 4 rings (SSSR count). The summed E-state index contributed by atoms with van der Waals surface area (Å²) in [6.07, 6.45) is -1.58. The fourth-order valence-electron chi connectivity index (χ4n) is 5.06. The molecule has 200 valence electrons. The van der Waals surface area contributed by atoms with Crippen molar-refractivity contribution < 1.29 is 38.4 Å². The van der Waals surface area contributed by atoms with Crippen molar-refractivity contribution in [3.63, 3.8) is 0 Å². The van der Waals surface area contributed by atoms with Crippen molar-refractivity contribution in [2.24, 2.45) is 0 Å². The van der Waals surface area contributed by atoms with E-state index in [0.717, 1.165) is 17.5 Å². The van der Waals surface area contributed by atoms with Crippen molar-refractivity contribution in [2.45, 2.75) is 38.3 Å².